The maximum atomic E-state index is 10.5. The number of carboxylic acids is 1. The molecule has 0 aromatic carbocycles. The molecule has 0 unspecified atom stereocenters. The van der Waals surface area contributed by atoms with E-state index in [4.69, 9.17) is 18.4 Å². The number of allylic oxidation sites excluding steroid dienone is 1. The molecule has 0 heterocycles. The van der Waals surface area contributed by atoms with Crippen LogP contribution in [0.5, 0.6) is 0 Å². The molecule has 0 saturated heterocycles. The molecule has 0 rings (SSSR count). The van der Waals surface area contributed by atoms with E-state index in [1.54, 1.807) is 34.3 Å². The molecule has 0 aromatic rings. The Labute approximate surface area is 117 Å². The zero-order valence-corrected chi connectivity index (χ0v) is 13.5. The summed E-state index contributed by atoms with van der Waals surface area (Å²) >= 11 is 0. The monoisotopic (exact) mass is 296 g/mol. The van der Waals surface area contributed by atoms with E-state index in [2.05, 4.69) is 0 Å². The number of carboxylic acid groups (broad SMARTS) is 1. The van der Waals surface area contributed by atoms with Gasteiger partial charge in [0, 0.05) is 32.9 Å². The molecule has 18 heavy (non-hydrogen) atoms. The molecule has 0 aliphatic heterocycles. The van der Waals surface area contributed by atoms with Gasteiger partial charge in [0.05, 0.1) is 0 Å². The van der Waals surface area contributed by atoms with Crippen LogP contribution in [0.1, 0.15) is 26.2 Å². The van der Waals surface area contributed by atoms with Gasteiger partial charge in [0.25, 0.3) is 0 Å². The predicted molar refractivity (Wildman–Crippen MR) is 77.2 cm³/mol. The lowest BCUT2D eigenvalue weighted by molar-refractivity contribution is -0.132. The summed E-state index contributed by atoms with van der Waals surface area (Å²) in [4.78, 5) is 10.5. The first-order valence-corrected chi connectivity index (χ1v) is 7.50. The summed E-state index contributed by atoms with van der Waals surface area (Å²) in [5.41, 5.74) is 0.388. The Kier molecular flexibility index (Phi) is 11.7. The van der Waals surface area contributed by atoms with Gasteiger partial charge in [-0.2, -0.15) is 13.5 Å². The van der Waals surface area contributed by atoms with Crippen molar-refractivity contribution >= 4 is 28.3 Å². The normalized spacial score (nSPS) is 12.1. The van der Waals surface area contributed by atoms with Crippen LogP contribution in [0.3, 0.4) is 0 Å². The average Bonchev–Trinajstić information content (AvgIpc) is 2.34. The van der Waals surface area contributed by atoms with Crippen molar-refractivity contribution in [2.24, 2.45) is 0 Å². The van der Waals surface area contributed by atoms with Gasteiger partial charge < -0.3 is 18.4 Å². The summed E-state index contributed by atoms with van der Waals surface area (Å²) in [5, 5.41) is 8.66. The Morgan fingerprint density at radius 2 is 1.67 bits per heavy atom. The number of hydrogen-bond donors (Lipinski definition) is 1. The lowest BCUT2D eigenvalue weighted by atomic mass is 10.2. The largest absolute Gasteiger partial charge is 0.500 e. The van der Waals surface area contributed by atoms with Crippen LogP contribution in [-0.2, 0) is 18.1 Å². The first-order chi connectivity index (χ1) is 8.01. The lowest BCUT2D eigenvalue weighted by Gasteiger charge is -2.24. The van der Waals surface area contributed by atoms with Crippen LogP contribution in [0.2, 0.25) is 6.04 Å². The Balaban J connectivity index is 0. The van der Waals surface area contributed by atoms with E-state index in [0.717, 1.165) is 25.3 Å². The molecule has 108 valence electrons. The molecule has 0 atom stereocenters. The van der Waals surface area contributed by atoms with Gasteiger partial charge in [-0.1, -0.05) is 6.08 Å². The molecule has 0 saturated carbocycles. The van der Waals surface area contributed by atoms with Gasteiger partial charge in [-0.3, -0.25) is 0 Å². The summed E-state index contributed by atoms with van der Waals surface area (Å²) in [7, 11) is 2.32. The third-order valence-electron chi connectivity index (χ3n) is 2.66. The number of rotatable bonds is 9. The summed E-state index contributed by atoms with van der Waals surface area (Å²) in [5.74, 6) is -0.862. The quantitative estimate of drug-likeness (QED) is 0.401. The topological polar surface area (TPSA) is 65.0 Å². The third-order valence-corrected chi connectivity index (χ3v) is 5.49. The van der Waals surface area contributed by atoms with Gasteiger partial charge in [-0.25, -0.2) is 4.79 Å². The van der Waals surface area contributed by atoms with Gasteiger partial charge in [0.2, 0.25) is 0 Å². The zero-order valence-electron chi connectivity index (χ0n) is 11.5. The molecule has 0 spiro atoms. The Bertz CT molecular complexity index is 258. The second-order valence-corrected chi connectivity index (χ2v) is 6.82. The number of aliphatic carboxylic acids is 1. The van der Waals surface area contributed by atoms with E-state index < -0.39 is 14.8 Å². The molecule has 0 aromatic heterocycles. The van der Waals surface area contributed by atoms with Crippen molar-refractivity contribution in [1.82, 2.24) is 0 Å². The van der Waals surface area contributed by atoms with E-state index in [0.29, 0.717) is 5.57 Å². The van der Waals surface area contributed by atoms with E-state index >= 15 is 0 Å². The molecule has 7 heteroatoms. The Hall–Kier alpha value is -0.343. The van der Waals surface area contributed by atoms with Gasteiger partial charge in [0.1, 0.15) is 0 Å². The summed E-state index contributed by atoms with van der Waals surface area (Å²) in [6.07, 6.45) is 4.28. The van der Waals surface area contributed by atoms with Crippen molar-refractivity contribution in [3.8, 4) is 0 Å². The Morgan fingerprint density at radius 3 is 2.06 bits per heavy atom. The fraction of sp³-hybridized carbons (Fsp3) is 0.727. The molecular weight excluding hydrogens is 272 g/mol. The zero-order chi connectivity index (χ0) is 13.3. The smallest absolute Gasteiger partial charge is 0.478 e. The minimum absolute atomic E-state index is 0. The van der Waals surface area contributed by atoms with Gasteiger partial charge in [0.15, 0.2) is 0 Å². The minimum Gasteiger partial charge on any atom is -0.478 e. The molecule has 0 aliphatic carbocycles. The van der Waals surface area contributed by atoms with Crippen molar-refractivity contribution in [1.29, 1.82) is 0 Å². The average molecular weight is 296 g/mol. The SMILES string of the molecule is CO[Si](CCCCC=C(C)C(=O)O)(OC)OC.S. The maximum Gasteiger partial charge on any atom is 0.500 e. The van der Waals surface area contributed by atoms with E-state index in [-0.39, 0.29) is 13.5 Å². The summed E-state index contributed by atoms with van der Waals surface area (Å²) < 4.78 is 15.9. The van der Waals surface area contributed by atoms with Crippen molar-refractivity contribution in [3.63, 3.8) is 0 Å². The highest BCUT2D eigenvalue weighted by Gasteiger charge is 2.36. The predicted octanol–water partition coefficient (Wildman–Crippen LogP) is 2.18. The van der Waals surface area contributed by atoms with E-state index in [1.165, 1.54) is 0 Å². The molecule has 0 aliphatic rings. The first kappa shape index (κ1) is 20.0. The lowest BCUT2D eigenvalue weighted by Crippen LogP contribution is -2.42. The van der Waals surface area contributed by atoms with Crippen molar-refractivity contribution in [2.75, 3.05) is 21.3 Å². The number of carbonyl (C=O) groups is 1. The Morgan fingerprint density at radius 1 is 1.17 bits per heavy atom. The summed E-state index contributed by atoms with van der Waals surface area (Å²) in [6.45, 7) is 1.60. The van der Waals surface area contributed by atoms with Gasteiger partial charge in [-0.15, -0.1) is 0 Å². The molecule has 0 amide bonds. The second-order valence-electron chi connectivity index (χ2n) is 3.73. The van der Waals surface area contributed by atoms with Crippen LogP contribution in [0, 0.1) is 0 Å². The second kappa shape index (κ2) is 10.6. The molecular formula is C11H24O5SSi. The highest BCUT2D eigenvalue weighted by molar-refractivity contribution is 7.59. The van der Waals surface area contributed by atoms with Crippen LogP contribution in [-0.4, -0.2) is 41.2 Å². The fourth-order valence-electron chi connectivity index (χ4n) is 1.45. The third kappa shape index (κ3) is 7.17. The maximum absolute atomic E-state index is 10.5. The van der Waals surface area contributed by atoms with Crippen LogP contribution in [0.25, 0.3) is 0 Å². The van der Waals surface area contributed by atoms with Crippen LogP contribution in [0.15, 0.2) is 11.6 Å². The van der Waals surface area contributed by atoms with Gasteiger partial charge >= 0.3 is 14.8 Å². The molecule has 0 fully saturated rings. The van der Waals surface area contributed by atoms with Crippen LogP contribution in [0.4, 0.5) is 0 Å². The fourth-order valence-corrected chi connectivity index (χ4v) is 3.24. The molecule has 5 nitrogen and oxygen atoms in total. The van der Waals surface area contributed by atoms with Crippen LogP contribution >= 0.6 is 13.5 Å². The highest BCUT2D eigenvalue weighted by atomic mass is 32.1. The number of hydrogen-bond acceptors (Lipinski definition) is 4. The summed E-state index contributed by atoms with van der Waals surface area (Å²) in [6, 6.07) is 0.746. The highest BCUT2D eigenvalue weighted by Crippen LogP contribution is 2.17. The van der Waals surface area contributed by atoms with Crippen molar-refractivity contribution in [2.45, 2.75) is 32.2 Å². The number of unbranched alkanes of at least 4 members (excludes halogenated alkanes) is 2. The van der Waals surface area contributed by atoms with E-state index in [1.807, 2.05) is 0 Å². The minimum atomic E-state index is -2.45. The van der Waals surface area contributed by atoms with Crippen LogP contribution < -0.4 is 0 Å². The first-order valence-electron chi connectivity index (χ1n) is 5.57. The van der Waals surface area contributed by atoms with Gasteiger partial charge in [-0.05, 0) is 26.2 Å². The molecule has 0 bridgehead atoms. The standard InChI is InChI=1S/C11H22O5Si.H2S/c1-10(11(12)13)8-6-5-7-9-17(14-2,15-3)16-4;/h8H,5-7,9H2,1-4H3,(H,12,13);1H2. The van der Waals surface area contributed by atoms with Crippen molar-refractivity contribution in [3.05, 3.63) is 11.6 Å². The van der Waals surface area contributed by atoms with E-state index in [9.17, 15) is 4.79 Å². The molecule has 0 radical (unpaired) electrons. The van der Waals surface area contributed by atoms with Crippen molar-refractivity contribution < 1.29 is 23.2 Å². The molecule has 1 N–H and O–H groups in total.